The largest absolute Gasteiger partial charge is 0.333 e. The number of benzene rings is 2. The highest BCUT2D eigenvalue weighted by Gasteiger charge is 2.43. The van der Waals surface area contributed by atoms with Crippen LogP contribution >= 0.6 is 0 Å². The van der Waals surface area contributed by atoms with Gasteiger partial charge in [0.25, 0.3) is 5.91 Å². The molecule has 0 spiro atoms. The molecule has 0 aromatic heterocycles. The van der Waals surface area contributed by atoms with E-state index in [1.54, 1.807) is 6.92 Å². The number of nitrogens with zero attached hydrogens (tertiary/aromatic N) is 1. The van der Waals surface area contributed by atoms with Crippen molar-refractivity contribution in [3.8, 4) is 0 Å². The molecule has 2 aliphatic heterocycles. The second kappa shape index (κ2) is 7.26. The zero-order valence-corrected chi connectivity index (χ0v) is 15.5. The Morgan fingerprint density at radius 2 is 1.56 bits per heavy atom. The Hall–Kier alpha value is -2.49. The number of hydrogen-bond donors (Lipinski definition) is 0. The van der Waals surface area contributed by atoms with E-state index in [4.69, 9.17) is 0 Å². The van der Waals surface area contributed by atoms with Crippen LogP contribution in [0.5, 0.6) is 0 Å². The average Bonchev–Trinajstić information content (AvgIpc) is 2.91. The average molecular weight is 365 g/mol. The lowest BCUT2D eigenvalue weighted by Crippen LogP contribution is -2.46. The Balaban J connectivity index is 1.48. The summed E-state index contributed by atoms with van der Waals surface area (Å²) >= 11 is 0. The van der Waals surface area contributed by atoms with Gasteiger partial charge in [-0.2, -0.15) is 0 Å². The topological polar surface area (TPSA) is 37.4 Å². The van der Waals surface area contributed by atoms with Crippen LogP contribution in [0.15, 0.2) is 48.5 Å². The number of carbonyl (C=O) groups excluding carboxylic acids is 2. The number of piperidine rings is 1. The van der Waals surface area contributed by atoms with Crippen molar-refractivity contribution >= 4 is 11.7 Å². The Labute approximate surface area is 159 Å². The van der Waals surface area contributed by atoms with Crippen LogP contribution in [0, 0.1) is 5.82 Å². The van der Waals surface area contributed by atoms with Gasteiger partial charge < -0.3 is 4.90 Å². The van der Waals surface area contributed by atoms with Gasteiger partial charge in [-0.05, 0) is 73.9 Å². The Morgan fingerprint density at radius 3 is 2.11 bits per heavy atom. The van der Waals surface area contributed by atoms with Crippen molar-refractivity contribution in [2.45, 2.75) is 57.0 Å². The molecule has 0 N–H and O–H groups in total. The van der Waals surface area contributed by atoms with E-state index in [2.05, 4.69) is 4.90 Å². The molecule has 2 fully saturated rings. The van der Waals surface area contributed by atoms with E-state index in [9.17, 15) is 14.0 Å². The first kappa shape index (κ1) is 17.9. The number of hydrogen-bond acceptors (Lipinski definition) is 2. The van der Waals surface area contributed by atoms with Gasteiger partial charge in [0.1, 0.15) is 11.6 Å². The molecule has 2 aromatic rings. The van der Waals surface area contributed by atoms with E-state index >= 15 is 0 Å². The molecule has 4 heteroatoms. The lowest BCUT2D eigenvalue weighted by Gasteiger charge is -2.39. The normalized spacial score (nSPS) is 24.1. The first-order chi connectivity index (χ1) is 13.0. The third kappa shape index (κ3) is 3.66. The molecule has 3 nitrogen and oxygen atoms in total. The summed E-state index contributed by atoms with van der Waals surface area (Å²) < 4.78 is 13.2. The van der Waals surface area contributed by atoms with Crippen LogP contribution < -0.4 is 0 Å². The van der Waals surface area contributed by atoms with E-state index in [1.807, 2.05) is 36.4 Å². The predicted octanol–water partition coefficient (Wildman–Crippen LogP) is 4.51. The van der Waals surface area contributed by atoms with Gasteiger partial charge in [-0.25, -0.2) is 4.39 Å². The number of carbonyl (C=O) groups is 2. The molecule has 4 rings (SSSR count). The third-order valence-electron chi connectivity index (χ3n) is 5.96. The maximum atomic E-state index is 13.2. The highest BCUT2D eigenvalue weighted by molar-refractivity contribution is 5.95. The Morgan fingerprint density at radius 1 is 0.963 bits per heavy atom. The minimum atomic E-state index is -0.206. The van der Waals surface area contributed by atoms with Gasteiger partial charge in [-0.15, -0.1) is 0 Å². The molecule has 0 saturated carbocycles. The quantitative estimate of drug-likeness (QED) is 0.799. The lowest BCUT2D eigenvalue weighted by molar-refractivity contribution is -0.116. The van der Waals surface area contributed by atoms with Gasteiger partial charge in [0.2, 0.25) is 0 Å². The number of halogens is 1. The van der Waals surface area contributed by atoms with Gasteiger partial charge in [0.15, 0.2) is 0 Å². The summed E-state index contributed by atoms with van der Waals surface area (Å²) in [6, 6.07) is 14.7. The Kier molecular flexibility index (Phi) is 4.81. The molecule has 27 heavy (non-hydrogen) atoms. The fraction of sp³-hybridized carbons (Fsp3) is 0.391. The number of Topliss-reactive ketones (excluding diaryl/α,β-unsaturated/α-hetero) is 1. The molecule has 140 valence electrons. The van der Waals surface area contributed by atoms with Gasteiger partial charge in [-0.1, -0.05) is 24.3 Å². The lowest BCUT2D eigenvalue weighted by atomic mass is 9.84. The molecule has 0 aliphatic carbocycles. The van der Waals surface area contributed by atoms with E-state index in [-0.39, 0.29) is 29.6 Å². The fourth-order valence-corrected chi connectivity index (χ4v) is 4.72. The fourth-order valence-electron chi connectivity index (χ4n) is 4.72. The van der Waals surface area contributed by atoms with Gasteiger partial charge in [0, 0.05) is 24.1 Å². The van der Waals surface area contributed by atoms with Crippen molar-refractivity contribution in [2.75, 3.05) is 0 Å². The van der Waals surface area contributed by atoms with E-state index < -0.39 is 0 Å². The second-order valence-electron chi connectivity index (χ2n) is 7.89. The zero-order valence-electron chi connectivity index (χ0n) is 15.5. The van der Waals surface area contributed by atoms with Gasteiger partial charge >= 0.3 is 0 Å². The first-order valence-electron chi connectivity index (χ1n) is 9.68. The van der Waals surface area contributed by atoms with E-state index in [0.717, 1.165) is 31.2 Å². The summed E-state index contributed by atoms with van der Waals surface area (Å²) in [6.45, 7) is 1.57. The van der Waals surface area contributed by atoms with Crippen LogP contribution in [0.1, 0.15) is 60.0 Å². The molecule has 2 aliphatic rings. The van der Waals surface area contributed by atoms with Crippen molar-refractivity contribution < 1.29 is 14.0 Å². The summed E-state index contributed by atoms with van der Waals surface area (Å²) in [4.78, 5) is 26.4. The van der Waals surface area contributed by atoms with Crippen LogP contribution in [0.2, 0.25) is 0 Å². The van der Waals surface area contributed by atoms with E-state index in [1.165, 1.54) is 17.7 Å². The predicted molar refractivity (Wildman–Crippen MR) is 102 cm³/mol. The summed E-state index contributed by atoms with van der Waals surface area (Å²) in [6.07, 6.45) is 4.36. The van der Waals surface area contributed by atoms with Crippen molar-refractivity contribution in [1.29, 1.82) is 0 Å². The maximum Gasteiger partial charge on any atom is 0.254 e. The van der Waals surface area contributed by atoms with Crippen molar-refractivity contribution in [2.24, 2.45) is 0 Å². The van der Waals surface area contributed by atoms with Gasteiger partial charge in [0.05, 0.1) is 0 Å². The minimum Gasteiger partial charge on any atom is -0.333 e. The zero-order chi connectivity index (χ0) is 19.0. The highest BCUT2D eigenvalue weighted by atomic mass is 19.1. The summed E-state index contributed by atoms with van der Waals surface area (Å²) in [5.74, 6) is 0.400. The van der Waals surface area contributed by atoms with Gasteiger partial charge in [-0.3, -0.25) is 9.59 Å². The standard InChI is InChI=1S/C23H24FNO2/c1-15(26)12-16-2-4-18(5-3-16)23(27)25-21-10-11-22(25)14-19(13-21)17-6-8-20(24)9-7-17/h2-9,19,21-22H,10-14H2,1H3/t19-,21+,22-. The molecular weight excluding hydrogens is 341 g/mol. The molecule has 0 radical (unpaired) electrons. The van der Waals surface area contributed by atoms with E-state index in [0.29, 0.717) is 17.9 Å². The number of ketones is 1. The molecule has 2 saturated heterocycles. The summed E-state index contributed by atoms with van der Waals surface area (Å²) in [5, 5.41) is 0. The number of fused-ring (bicyclic) bond motifs is 2. The smallest absolute Gasteiger partial charge is 0.254 e. The first-order valence-corrected chi connectivity index (χ1v) is 9.68. The molecule has 3 atom stereocenters. The third-order valence-corrected chi connectivity index (χ3v) is 5.96. The number of amides is 1. The van der Waals surface area contributed by atoms with Crippen molar-refractivity contribution in [1.82, 2.24) is 4.90 Å². The molecule has 0 unspecified atom stereocenters. The van der Waals surface area contributed by atoms with Crippen LogP contribution in [0.4, 0.5) is 4.39 Å². The number of rotatable bonds is 4. The molecule has 1 amide bonds. The molecular formula is C23H24FNO2. The van der Waals surface area contributed by atoms with Crippen molar-refractivity contribution in [3.05, 3.63) is 71.0 Å². The SMILES string of the molecule is CC(=O)Cc1ccc(C(=O)N2[C@@H]3CC[C@H]2C[C@@H](c2ccc(F)cc2)C3)cc1. The highest BCUT2D eigenvalue weighted by Crippen LogP contribution is 2.43. The summed E-state index contributed by atoms with van der Waals surface area (Å²) in [7, 11) is 0. The second-order valence-corrected chi connectivity index (χ2v) is 7.89. The molecule has 2 heterocycles. The molecule has 2 aromatic carbocycles. The summed E-state index contributed by atoms with van der Waals surface area (Å²) in [5.41, 5.74) is 2.81. The maximum absolute atomic E-state index is 13.2. The van der Waals surface area contributed by atoms with Crippen LogP contribution in [0.25, 0.3) is 0 Å². The van der Waals surface area contributed by atoms with Crippen LogP contribution in [-0.2, 0) is 11.2 Å². The van der Waals surface area contributed by atoms with Crippen LogP contribution in [0.3, 0.4) is 0 Å². The molecule has 2 bridgehead atoms. The minimum absolute atomic E-state index is 0.0921. The van der Waals surface area contributed by atoms with Crippen LogP contribution in [-0.4, -0.2) is 28.7 Å². The monoisotopic (exact) mass is 365 g/mol. The van der Waals surface area contributed by atoms with Crippen molar-refractivity contribution in [3.63, 3.8) is 0 Å². The Bertz CT molecular complexity index is 830.